The Bertz CT molecular complexity index is 1280. The van der Waals surface area contributed by atoms with Crippen LogP contribution in [0.2, 0.25) is 0 Å². The van der Waals surface area contributed by atoms with E-state index in [1.54, 1.807) is 18.3 Å². The molecule has 2 aromatic heterocycles. The van der Waals surface area contributed by atoms with Crippen LogP contribution in [-0.2, 0) is 10.0 Å². The third-order valence-corrected chi connectivity index (χ3v) is 7.40. The summed E-state index contributed by atoms with van der Waals surface area (Å²) in [6, 6.07) is 15.6. The molecule has 0 bridgehead atoms. The molecule has 1 fully saturated rings. The molecule has 1 N–H and O–H groups in total. The number of aromatic nitrogens is 3. The van der Waals surface area contributed by atoms with Crippen LogP contribution in [0.3, 0.4) is 0 Å². The molecule has 2 aromatic carbocycles. The Morgan fingerprint density at radius 2 is 2.07 bits per heavy atom. The summed E-state index contributed by atoms with van der Waals surface area (Å²) < 4.78 is 31.8. The predicted octanol–water partition coefficient (Wildman–Crippen LogP) is 4.23. The van der Waals surface area contributed by atoms with Gasteiger partial charge in [-0.05, 0) is 48.1 Å². The quantitative estimate of drug-likeness (QED) is 0.503. The van der Waals surface area contributed by atoms with Gasteiger partial charge in [-0.3, -0.25) is 9.71 Å². The number of benzene rings is 2. The first kappa shape index (κ1) is 19.0. The largest absolute Gasteiger partial charge is 0.364 e. The standard InChI is InChI=1S/C21H19N5O2S2/c27-30(28,25-21-23-14-24-29-21)17-8-9-18-15(12-17)4-1-6-20(18)26-11-3-7-19(26)16-5-2-10-22-13-16/h1-2,4-6,8-10,12-14,19H,3,7,11H2,(H,23,24,25)/t19-/m0/s1. The van der Waals surface area contributed by atoms with Crippen LogP contribution in [0.25, 0.3) is 10.8 Å². The Kier molecular flexibility index (Phi) is 4.84. The maximum absolute atomic E-state index is 12.7. The smallest absolute Gasteiger partial charge is 0.263 e. The topological polar surface area (TPSA) is 88.1 Å². The van der Waals surface area contributed by atoms with E-state index in [0.29, 0.717) is 0 Å². The van der Waals surface area contributed by atoms with Crippen LogP contribution < -0.4 is 9.62 Å². The Balaban J connectivity index is 1.52. The van der Waals surface area contributed by atoms with Crippen molar-refractivity contribution in [3.05, 3.63) is 72.8 Å². The van der Waals surface area contributed by atoms with E-state index in [4.69, 9.17) is 0 Å². The summed E-state index contributed by atoms with van der Waals surface area (Å²) in [5.74, 6) is 0. The second kappa shape index (κ2) is 7.66. The molecule has 0 amide bonds. The predicted molar refractivity (Wildman–Crippen MR) is 118 cm³/mol. The van der Waals surface area contributed by atoms with Gasteiger partial charge in [0, 0.05) is 41.5 Å². The lowest BCUT2D eigenvalue weighted by atomic mass is 10.0. The van der Waals surface area contributed by atoms with Crippen LogP contribution in [0.5, 0.6) is 0 Å². The van der Waals surface area contributed by atoms with Crippen molar-refractivity contribution in [1.29, 1.82) is 0 Å². The van der Waals surface area contributed by atoms with Crippen LogP contribution in [0.4, 0.5) is 10.8 Å². The fraction of sp³-hybridized carbons (Fsp3) is 0.190. The minimum absolute atomic E-state index is 0.201. The Hall–Kier alpha value is -3.04. The van der Waals surface area contributed by atoms with Crippen molar-refractivity contribution >= 4 is 43.1 Å². The number of hydrogen-bond acceptors (Lipinski definition) is 7. The van der Waals surface area contributed by atoms with E-state index in [2.05, 4.69) is 36.1 Å². The summed E-state index contributed by atoms with van der Waals surface area (Å²) in [6.45, 7) is 0.956. The fourth-order valence-corrected chi connectivity index (χ4v) is 5.73. The fourth-order valence-electron chi connectivity index (χ4n) is 4.03. The van der Waals surface area contributed by atoms with Crippen LogP contribution in [0, 0.1) is 0 Å². The van der Waals surface area contributed by atoms with E-state index in [9.17, 15) is 8.42 Å². The first-order valence-corrected chi connectivity index (χ1v) is 11.9. The number of anilines is 2. The number of sulfonamides is 1. The molecule has 30 heavy (non-hydrogen) atoms. The first-order chi connectivity index (χ1) is 14.6. The molecule has 1 atom stereocenters. The highest BCUT2D eigenvalue weighted by Crippen LogP contribution is 2.39. The van der Waals surface area contributed by atoms with E-state index < -0.39 is 10.0 Å². The number of pyridine rings is 1. The van der Waals surface area contributed by atoms with Gasteiger partial charge in [-0.15, -0.1) is 0 Å². The molecule has 0 saturated carbocycles. The van der Waals surface area contributed by atoms with Crippen molar-refractivity contribution < 1.29 is 8.42 Å². The monoisotopic (exact) mass is 437 g/mol. The molecule has 1 saturated heterocycles. The van der Waals surface area contributed by atoms with Gasteiger partial charge < -0.3 is 4.90 Å². The zero-order valence-electron chi connectivity index (χ0n) is 16.0. The molecule has 152 valence electrons. The highest BCUT2D eigenvalue weighted by atomic mass is 32.2. The SMILES string of the molecule is O=S(=O)(Nc1ncns1)c1ccc2c(N3CCC[C@H]3c3cccnc3)cccc2c1. The number of nitrogens with one attached hydrogen (secondary N) is 1. The van der Waals surface area contributed by atoms with Gasteiger partial charge in [-0.25, -0.2) is 13.4 Å². The van der Waals surface area contributed by atoms with Crippen molar-refractivity contribution in [3.63, 3.8) is 0 Å². The molecule has 3 heterocycles. The van der Waals surface area contributed by atoms with Crippen molar-refractivity contribution in [1.82, 2.24) is 14.3 Å². The van der Waals surface area contributed by atoms with E-state index in [0.717, 1.165) is 47.4 Å². The number of rotatable bonds is 5. The van der Waals surface area contributed by atoms with Crippen LogP contribution in [0.1, 0.15) is 24.4 Å². The maximum atomic E-state index is 12.7. The van der Waals surface area contributed by atoms with Crippen molar-refractivity contribution in [2.75, 3.05) is 16.2 Å². The maximum Gasteiger partial charge on any atom is 0.263 e. The first-order valence-electron chi connectivity index (χ1n) is 9.61. The summed E-state index contributed by atoms with van der Waals surface area (Å²) in [7, 11) is -3.72. The van der Waals surface area contributed by atoms with Gasteiger partial charge in [-0.2, -0.15) is 4.37 Å². The molecular formula is C21H19N5O2S2. The summed E-state index contributed by atoms with van der Waals surface area (Å²) in [6.07, 6.45) is 7.22. The van der Waals surface area contributed by atoms with E-state index in [1.165, 1.54) is 11.9 Å². The van der Waals surface area contributed by atoms with Crippen molar-refractivity contribution in [2.45, 2.75) is 23.8 Å². The van der Waals surface area contributed by atoms with Crippen LogP contribution >= 0.6 is 11.5 Å². The van der Waals surface area contributed by atoms with Crippen molar-refractivity contribution in [3.8, 4) is 0 Å². The van der Waals surface area contributed by atoms with Gasteiger partial charge in [0.05, 0.1) is 10.9 Å². The van der Waals surface area contributed by atoms with Gasteiger partial charge >= 0.3 is 0 Å². The molecule has 5 rings (SSSR count). The lowest BCUT2D eigenvalue weighted by Crippen LogP contribution is -2.22. The Morgan fingerprint density at radius 3 is 2.87 bits per heavy atom. The summed E-state index contributed by atoms with van der Waals surface area (Å²) in [4.78, 5) is 10.8. The molecule has 7 nitrogen and oxygen atoms in total. The zero-order valence-corrected chi connectivity index (χ0v) is 17.6. The van der Waals surface area contributed by atoms with Crippen LogP contribution in [-0.4, -0.2) is 29.3 Å². The van der Waals surface area contributed by atoms with Gasteiger partial charge in [0.15, 0.2) is 0 Å². The molecule has 1 aliphatic heterocycles. The summed E-state index contributed by atoms with van der Waals surface area (Å²) >= 11 is 1.00. The molecule has 0 unspecified atom stereocenters. The lowest BCUT2D eigenvalue weighted by molar-refractivity contribution is 0.601. The third kappa shape index (κ3) is 3.50. The van der Waals surface area contributed by atoms with Gasteiger partial charge in [0.25, 0.3) is 10.0 Å². The lowest BCUT2D eigenvalue weighted by Gasteiger charge is -2.28. The normalized spacial score (nSPS) is 16.8. The van der Waals surface area contributed by atoms with E-state index >= 15 is 0 Å². The molecule has 1 aliphatic rings. The van der Waals surface area contributed by atoms with Gasteiger partial charge in [0.1, 0.15) is 6.33 Å². The average molecular weight is 438 g/mol. The molecule has 9 heteroatoms. The molecule has 4 aromatic rings. The Labute approximate surface area is 178 Å². The van der Waals surface area contributed by atoms with Gasteiger partial charge in [-0.1, -0.05) is 24.3 Å². The van der Waals surface area contributed by atoms with Crippen LogP contribution in [0.15, 0.2) is 72.1 Å². The summed E-state index contributed by atoms with van der Waals surface area (Å²) in [5.41, 5.74) is 2.31. The molecular weight excluding hydrogens is 418 g/mol. The molecule has 0 aliphatic carbocycles. The summed E-state index contributed by atoms with van der Waals surface area (Å²) in [5, 5.41) is 2.16. The minimum atomic E-state index is -3.72. The number of nitrogens with zero attached hydrogens (tertiary/aromatic N) is 4. The Morgan fingerprint density at radius 1 is 1.13 bits per heavy atom. The molecule has 0 spiro atoms. The third-order valence-electron chi connectivity index (χ3n) is 5.35. The molecule has 0 radical (unpaired) electrons. The number of fused-ring (bicyclic) bond motifs is 1. The van der Waals surface area contributed by atoms with Crippen molar-refractivity contribution in [2.24, 2.45) is 0 Å². The zero-order chi connectivity index (χ0) is 20.6. The minimum Gasteiger partial charge on any atom is -0.364 e. The number of hydrogen-bond donors (Lipinski definition) is 1. The second-order valence-corrected chi connectivity index (χ2v) is 9.61. The second-order valence-electron chi connectivity index (χ2n) is 7.15. The van der Waals surface area contributed by atoms with E-state index in [-0.39, 0.29) is 16.1 Å². The highest BCUT2D eigenvalue weighted by Gasteiger charge is 2.27. The highest BCUT2D eigenvalue weighted by molar-refractivity contribution is 7.93. The average Bonchev–Trinajstić information content (AvgIpc) is 3.45. The van der Waals surface area contributed by atoms with Gasteiger partial charge in [0.2, 0.25) is 5.13 Å². The van der Waals surface area contributed by atoms with E-state index in [1.807, 2.05) is 30.5 Å².